The minimum atomic E-state index is -0.0435. The van der Waals surface area contributed by atoms with E-state index in [1.807, 2.05) is 58.0 Å². The Kier molecular flexibility index (Phi) is 5.51. The first kappa shape index (κ1) is 16.7. The van der Waals surface area contributed by atoms with Crippen molar-refractivity contribution in [2.45, 2.75) is 27.7 Å². The van der Waals surface area contributed by atoms with E-state index >= 15 is 0 Å². The average molecular weight is 313 g/mol. The predicted molar refractivity (Wildman–Crippen MR) is 94.1 cm³/mol. The van der Waals surface area contributed by atoms with Crippen molar-refractivity contribution in [2.75, 3.05) is 22.5 Å². The van der Waals surface area contributed by atoms with E-state index in [9.17, 15) is 4.79 Å². The number of carbonyl (C=O) groups excluding carboxylic acids is 1. The molecule has 0 bridgehead atoms. The zero-order valence-corrected chi connectivity index (χ0v) is 14.0. The molecule has 122 valence electrons. The van der Waals surface area contributed by atoms with Crippen molar-refractivity contribution in [3.05, 3.63) is 36.0 Å². The molecule has 0 atom stereocenters. The molecular formula is C17H23N5O. The molecule has 6 heteroatoms. The Balaban J connectivity index is 2.07. The van der Waals surface area contributed by atoms with Gasteiger partial charge in [0.05, 0.1) is 0 Å². The van der Waals surface area contributed by atoms with Gasteiger partial charge in [-0.3, -0.25) is 4.79 Å². The number of hydrogen-bond donors (Lipinski definition) is 3. The largest absolute Gasteiger partial charge is 0.370 e. The van der Waals surface area contributed by atoms with Crippen molar-refractivity contribution in [2.24, 2.45) is 5.92 Å². The van der Waals surface area contributed by atoms with Crippen LogP contribution in [-0.4, -0.2) is 22.4 Å². The lowest BCUT2D eigenvalue weighted by Gasteiger charge is -2.10. The standard InChI is InChI=1S/C17H23N5O/c1-5-18-15-10-12(4)19-17(22-15)21-14-8-6-13(7-9-14)20-16(23)11(2)3/h6-11H,5H2,1-4H3,(H,20,23)(H2,18,19,21,22). The fraction of sp³-hybridized carbons (Fsp3) is 0.353. The summed E-state index contributed by atoms with van der Waals surface area (Å²) in [5.74, 6) is 1.30. The summed E-state index contributed by atoms with van der Waals surface area (Å²) in [6, 6.07) is 9.37. The molecule has 0 aliphatic heterocycles. The van der Waals surface area contributed by atoms with Crippen molar-refractivity contribution in [1.82, 2.24) is 9.97 Å². The van der Waals surface area contributed by atoms with E-state index in [0.717, 1.165) is 29.4 Å². The molecule has 0 spiro atoms. The number of nitrogens with zero attached hydrogens (tertiary/aromatic N) is 2. The Morgan fingerprint density at radius 1 is 1.13 bits per heavy atom. The first-order valence-corrected chi connectivity index (χ1v) is 7.75. The molecule has 3 N–H and O–H groups in total. The Bertz CT molecular complexity index is 667. The summed E-state index contributed by atoms with van der Waals surface area (Å²) in [5.41, 5.74) is 2.52. The lowest BCUT2D eigenvalue weighted by atomic mass is 10.2. The van der Waals surface area contributed by atoms with Crippen LogP contribution in [0.2, 0.25) is 0 Å². The lowest BCUT2D eigenvalue weighted by Crippen LogP contribution is -2.17. The second-order valence-electron chi connectivity index (χ2n) is 5.59. The zero-order valence-electron chi connectivity index (χ0n) is 14.0. The lowest BCUT2D eigenvalue weighted by molar-refractivity contribution is -0.118. The Morgan fingerprint density at radius 2 is 1.78 bits per heavy atom. The van der Waals surface area contributed by atoms with Gasteiger partial charge in [-0.25, -0.2) is 4.98 Å². The molecular weight excluding hydrogens is 290 g/mol. The van der Waals surface area contributed by atoms with Crippen molar-refractivity contribution in [1.29, 1.82) is 0 Å². The molecule has 0 aliphatic carbocycles. The maximum atomic E-state index is 11.7. The van der Waals surface area contributed by atoms with E-state index < -0.39 is 0 Å². The van der Waals surface area contributed by atoms with Crippen LogP contribution in [0.15, 0.2) is 30.3 Å². The van der Waals surface area contributed by atoms with Gasteiger partial charge < -0.3 is 16.0 Å². The number of rotatable bonds is 6. The van der Waals surface area contributed by atoms with Crippen LogP contribution >= 0.6 is 0 Å². The van der Waals surface area contributed by atoms with Gasteiger partial charge in [0.2, 0.25) is 11.9 Å². The van der Waals surface area contributed by atoms with Gasteiger partial charge in [0.25, 0.3) is 0 Å². The number of hydrogen-bond acceptors (Lipinski definition) is 5. The highest BCUT2D eigenvalue weighted by Gasteiger charge is 2.07. The van der Waals surface area contributed by atoms with Crippen LogP contribution in [0.5, 0.6) is 0 Å². The number of aromatic nitrogens is 2. The summed E-state index contributed by atoms with van der Waals surface area (Å²) in [6.45, 7) is 8.48. The van der Waals surface area contributed by atoms with E-state index in [4.69, 9.17) is 0 Å². The zero-order chi connectivity index (χ0) is 16.8. The highest BCUT2D eigenvalue weighted by molar-refractivity contribution is 5.92. The summed E-state index contributed by atoms with van der Waals surface area (Å²) in [5, 5.41) is 9.21. The highest BCUT2D eigenvalue weighted by Crippen LogP contribution is 2.18. The molecule has 6 nitrogen and oxygen atoms in total. The average Bonchev–Trinajstić information content (AvgIpc) is 2.49. The molecule has 0 saturated heterocycles. The summed E-state index contributed by atoms with van der Waals surface area (Å²) >= 11 is 0. The third-order valence-corrected chi connectivity index (χ3v) is 3.15. The minimum Gasteiger partial charge on any atom is -0.370 e. The normalized spacial score (nSPS) is 10.5. The van der Waals surface area contributed by atoms with Crippen molar-refractivity contribution in [3.63, 3.8) is 0 Å². The maximum absolute atomic E-state index is 11.7. The second kappa shape index (κ2) is 7.58. The topological polar surface area (TPSA) is 78.9 Å². The summed E-state index contributed by atoms with van der Waals surface area (Å²) in [4.78, 5) is 20.5. The molecule has 23 heavy (non-hydrogen) atoms. The third kappa shape index (κ3) is 4.95. The molecule has 0 aliphatic rings. The van der Waals surface area contributed by atoms with E-state index in [2.05, 4.69) is 25.9 Å². The monoisotopic (exact) mass is 313 g/mol. The molecule has 1 heterocycles. The predicted octanol–water partition coefficient (Wildman–Crippen LogP) is 3.55. The van der Waals surface area contributed by atoms with Crippen LogP contribution in [0.1, 0.15) is 26.5 Å². The Hall–Kier alpha value is -2.63. The Labute approximate surface area is 136 Å². The first-order chi connectivity index (χ1) is 11.0. The van der Waals surface area contributed by atoms with Gasteiger partial charge in [-0.1, -0.05) is 13.8 Å². The number of aryl methyl sites for hydroxylation is 1. The number of carbonyl (C=O) groups is 1. The van der Waals surface area contributed by atoms with Gasteiger partial charge >= 0.3 is 0 Å². The SMILES string of the molecule is CCNc1cc(C)nc(Nc2ccc(NC(=O)C(C)C)cc2)n1. The molecule has 1 aromatic heterocycles. The van der Waals surface area contributed by atoms with Gasteiger partial charge in [-0.15, -0.1) is 0 Å². The molecule has 0 unspecified atom stereocenters. The molecule has 0 saturated carbocycles. The van der Waals surface area contributed by atoms with E-state index in [-0.39, 0.29) is 11.8 Å². The maximum Gasteiger partial charge on any atom is 0.229 e. The van der Waals surface area contributed by atoms with Crippen LogP contribution < -0.4 is 16.0 Å². The summed E-state index contributed by atoms with van der Waals surface area (Å²) < 4.78 is 0. The quantitative estimate of drug-likeness (QED) is 0.760. The molecule has 2 rings (SSSR count). The van der Waals surface area contributed by atoms with E-state index in [1.54, 1.807) is 0 Å². The smallest absolute Gasteiger partial charge is 0.229 e. The molecule has 0 radical (unpaired) electrons. The number of anilines is 4. The van der Waals surface area contributed by atoms with Gasteiger partial charge in [0, 0.05) is 35.6 Å². The van der Waals surface area contributed by atoms with E-state index in [1.165, 1.54) is 0 Å². The number of benzene rings is 1. The Morgan fingerprint density at radius 3 is 2.39 bits per heavy atom. The highest BCUT2D eigenvalue weighted by atomic mass is 16.1. The van der Waals surface area contributed by atoms with Crippen LogP contribution in [0.3, 0.4) is 0 Å². The molecule has 1 amide bonds. The first-order valence-electron chi connectivity index (χ1n) is 7.75. The van der Waals surface area contributed by atoms with Crippen LogP contribution in [0.4, 0.5) is 23.1 Å². The molecule has 1 aromatic carbocycles. The molecule has 2 aromatic rings. The van der Waals surface area contributed by atoms with Crippen molar-refractivity contribution in [3.8, 4) is 0 Å². The van der Waals surface area contributed by atoms with Crippen molar-refractivity contribution < 1.29 is 4.79 Å². The second-order valence-corrected chi connectivity index (χ2v) is 5.59. The molecule has 0 fully saturated rings. The van der Waals surface area contributed by atoms with Gasteiger partial charge in [0.15, 0.2) is 0 Å². The van der Waals surface area contributed by atoms with Gasteiger partial charge in [0.1, 0.15) is 5.82 Å². The van der Waals surface area contributed by atoms with Gasteiger partial charge in [-0.2, -0.15) is 4.98 Å². The fourth-order valence-corrected chi connectivity index (χ4v) is 1.95. The van der Waals surface area contributed by atoms with E-state index in [0.29, 0.717) is 5.95 Å². The number of nitrogens with one attached hydrogen (secondary N) is 3. The van der Waals surface area contributed by atoms with Crippen molar-refractivity contribution >= 4 is 29.0 Å². The minimum absolute atomic E-state index is 0.00279. The fourth-order valence-electron chi connectivity index (χ4n) is 1.95. The summed E-state index contributed by atoms with van der Waals surface area (Å²) in [7, 11) is 0. The van der Waals surface area contributed by atoms with Crippen LogP contribution in [0, 0.1) is 12.8 Å². The third-order valence-electron chi connectivity index (χ3n) is 3.15. The summed E-state index contributed by atoms with van der Waals surface area (Å²) in [6.07, 6.45) is 0. The number of amides is 1. The van der Waals surface area contributed by atoms with Gasteiger partial charge in [-0.05, 0) is 38.1 Å². The van der Waals surface area contributed by atoms with Crippen LogP contribution in [0.25, 0.3) is 0 Å². The van der Waals surface area contributed by atoms with Crippen LogP contribution in [-0.2, 0) is 4.79 Å².